The van der Waals surface area contributed by atoms with Crippen LogP contribution in [0.15, 0.2) is 24.3 Å². The summed E-state index contributed by atoms with van der Waals surface area (Å²) in [6.45, 7) is 10.4. The predicted molar refractivity (Wildman–Crippen MR) is 86.5 cm³/mol. The van der Waals surface area contributed by atoms with E-state index >= 15 is 0 Å². The molecule has 0 amide bonds. The Morgan fingerprint density at radius 1 is 0.952 bits per heavy atom. The maximum Gasteiger partial charge on any atom is 0.0786 e. The first-order chi connectivity index (χ1) is 9.70. The van der Waals surface area contributed by atoms with Crippen molar-refractivity contribution in [3.8, 4) is 0 Å². The van der Waals surface area contributed by atoms with Crippen molar-refractivity contribution < 1.29 is 21.5 Å². The van der Waals surface area contributed by atoms with Crippen LogP contribution in [0, 0.1) is 0 Å². The predicted octanol–water partition coefficient (Wildman–Crippen LogP) is -1.28. The lowest BCUT2D eigenvalue weighted by Crippen LogP contribution is -2.57. The van der Waals surface area contributed by atoms with Gasteiger partial charge in [0.15, 0.2) is 0 Å². The summed E-state index contributed by atoms with van der Waals surface area (Å²) < 4.78 is 0. The van der Waals surface area contributed by atoms with E-state index in [0.29, 0.717) is 17.5 Å². The Morgan fingerprint density at radius 3 is 1.62 bits per heavy atom. The van der Waals surface area contributed by atoms with Crippen LogP contribution in [0.3, 0.4) is 0 Å². The van der Waals surface area contributed by atoms with Gasteiger partial charge in [-0.3, -0.25) is 0 Å². The first-order valence-corrected chi connectivity index (χ1v) is 7.77. The summed E-state index contributed by atoms with van der Waals surface area (Å²) >= 11 is 0. The van der Waals surface area contributed by atoms with Gasteiger partial charge in [-0.1, -0.05) is 44.7 Å². The highest BCUT2D eigenvalue weighted by Crippen LogP contribution is 2.02. The largest absolute Gasteiger partial charge is 0.889 e. The molecule has 0 atom stereocenters. The summed E-state index contributed by atoms with van der Waals surface area (Å²) in [5.41, 5.74) is 8.81. The third-order valence-corrected chi connectivity index (χ3v) is 2.07. The standard InChI is InChI=1S/C10H13BO2.2C3H9N/c1-2-3-4-9-5-7-10(8-6-9)11(12)13;2*1-3(2)4/h5-8H,2-4H2,1H3;2*3H,4H2,1-2H3/q-2;;/p+2. The minimum atomic E-state index is -1.85. The second-order valence-electron chi connectivity index (χ2n) is 5.96. The molecule has 0 heterocycles. The van der Waals surface area contributed by atoms with Gasteiger partial charge in [-0.2, -0.15) is 0 Å². The molecule has 0 radical (unpaired) electrons. The Morgan fingerprint density at radius 2 is 1.33 bits per heavy atom. The second-order valence-corrected chi connectivity index (χ2v) is 5.96. The van der Waals surface area contributed by atoms with Crippen molar-refractivity contribution in [2.75, 3.05) is 0 Å². The molecule has 6 N–H and O–H groups in total. The zero-order valence-corrected chi connectivity index (χ0v) is 14.4. The van der Waals surface area contributed by atoms with Crippen LogP contribution < -0.4 is 27.0 Å². The van der Waals surface area contributed by atoms with Crippen molar-refractivity contribution in [1.29, 1.82) is 0 Å². The van der Waals surface area contributed by atoms with E-state index in [2.05, 4.69) is 46.1 Å². The molecule has 0 saturated heterocycles. The molecule has 0 fully saturated rings. The molecular formula is C16H33BN2O2. The first kappa shape index (κ1) is 22.4. The molecule has 0 unspecified atom stereocenters. The van der Waals surface area contributed by atoms with Crippen molar-refractivity contribution in [2.45, 2.75) is 66.0 Å². The fourth-order valence-electron chi connectivity index (χ4n) is 1.22. The molecule has 0 aliphatic heterocycles. The van der Waals surface area contributed by atoms with Gasteiger partial charge in [-0.15, -0.1) is 5.46 Å². The van der Waals surface area contributed by atoms with E-state index in [1.807, 2.05) is 12.1 Å². The summed E-state index contributed by atoms with van der Waals surface area (Å²) in [6.07, 6.45) is 3.34. The van der Waals surface area contributed by atoms with Crippen LogP contribution >= 0.6 is 0 Å². The zero-order chi connectivity index (χ0) is 16.8. The zero-order valence-electron chi connectivity index (χ0n) is 14.4. The number of hydrogen-bond acceptors (Lipinski definition) is 2. The molecule has 122 valence electrons. The molecule has 1 rings (SSSR count). The number of quaternary nitrogens is 2. The number of benzene rings is 1. The van der Waals surface area contributed by atoms with Gasteiger partial charge in [0, 0.05) is 0 Å². The molecule has 4 nitrogen and oxygen atoms in total. The summed E-state index contributed by atoms with van der Waals surface area (Å²) in [7, 11) is -1.85. The van der Waals surface area contributed by atoms with Gasteiger partial charge in [0.1, 0.15) is 0 Å². The average molecular weight is 296 g/mol. The minimum Gasteiger partial charge on any atom is -0.889 e. The van der Waals surface area contributed by atoms with Gasteiger partial charge >= 0.3 is 0 Å². The summed E-state index contributed by atoms with van der Waals surface area (Å²) in [6, 6.07) is 8.17. The number of unbranched alkanes of at least 4 members (excludes halogenated alkanes) is 1. The molecular weight excluding hydrogens is 263 g/mol. The molecule has 1 aromatic carbocycles. The molecule has 0 saturated carbocycles. The minimum absolute atomic E-state index is 0.334. The SMILES string of the molecule is CC(C)[NH3+].CC(C)[NH3+].CCCCc1ccc(B([O-])[O-])cc1. The molecule has 0 aromatic heterocycles. The van der Waals surface area contributed by atoms with Crippen LogP contribution in [0.5, 0.6) is 0 Å². The average Bonchev–Trinajstić information content (AvgIpc) is 2.35. The highest BCUT2D eigenvalue weighted by Gasteiger charge is 1.92. The lowest BCUT2D eigenvalue weighted by atomic mass is 9.80. The van der Waals surface area contributed by atoms with Gasteiger partial charge in [0.25, 0.3) is 0 Å². The van der Waals surface area contributed by atoms with Crippen molar-refractivity contribution in [1.82, 2.24) is 0 Å². The van der Waals surface area contributed by atoms with Crippen LogP contribution in [-0.4, -0.2) is 19.2 Å². The highest BCUT2D eigenvalue weighted by atomic mass is 16.4. The molecule has 0 aliphatic rings. The lowest BCUT2D eigenvalue weighted by molar-refractivity contribution is -0.408. The van der Waals surface area contributed by atoms with E-state index in [1.54, 1.807) is 12.1 Å². The second kappa shape index (κ2) is 14.1. The van der Waals surface area contributed by atoms with Crippen molar-refractivity contribution >= 4 is 12.6 Å². The normalized spacial score (nSPS) is 9.67. The first-order valence-electron chi connectivity index (χ1n) is 7.77. The van der Waals surface area contributed by atoms with Crippen LogP contribution in [-0.2, 0) is 6.42 Å². The summed E-state index contributed by atoms with van der Waals surface area (Å²) in [5.74, 6) is 0. The van der Waals surface area contributed by atoms with E-state index in [1.165, 1.54) is 5.56 Å². The fraction of sp³-hybridized carbons (Fsp3) is 0.625. The van der Waals surface area contributed by atoms with E-state index in [9.17, 15) is 10.0 Å². The summed E-state index contributed by atoms with van der Waals surface area (Å²) in [5, 5.41) is 21.0. The molecule has 5 heteroatoms. The van der Waals surface area contributed by atoms with E-state index < -0.39 is 7.12 Å². The van der Waals surface area contributed by atoms with Crippen molar-refractivity contribution in [2.24, 2.45) is 0 Å². The van der Waals surface area contributed by atoms with Crippen LogP contribution in [0.4, 0.5) is 0 Å². The quantitative estimate of drug-likeness (QED) is 0.676. The van der Waals surface area contributed by atoms with E-state index in [4.69, 9.17) is 0 Å². The lowest BCUT2D eigenvalue weighted by Gasteiger charge is -2.26. The van der Waals surface area contributed by atoms with E-state index in [-0.39, 0.29) is 0 Å². The Balaban J connectivity index is 0. The number of hydrogen-bond donors (Lipinski definition) is 2. The maximum absolute atomic E-state index is 10.5. The Labute approximate surface area is 130 Å². The van der Waals surface area contributed by atoms with Crippen molar-refractivity contribution in [3.05, 3.63) is 29.8 Å². The molecule has 0 aliphatic carbocycles. The monoisotopic (exact) mass is 296 g/mol. The van der Waals surface area contributed by atoms with Gasteiger partial charge in [0.2, 0.25) is 0 Å². The third kappa shape index (κ3) is 19.1. The molecule has 21 heavy (non-hydrogen) atoms. The molecule has 0 bridgehead atoms. The van der Waals surface area contributed by atoms with E-state index in [0.717, 1.165) is 19.3 Å². The highest BCUT2D eigenvalue weighted by molar-refractivity contribution is 6.55. The van der Waals surface area contributed by atoms with Crippen molar-refractivity contribution in [3.63, 3.8) is 0 Å². The van der Waals surface area contributed by atoms with Gasteiger partial charge in [-0.05, 0) is 46.1 Å². The Kier molecular flexibility index (Phi) is 15.0. The van der Waals surface area contributed by atoms with Gasteiger partial charge in [0.05, 0.1) is 12.1 Å². The van der Waals surface area contributed by atoms with Crippen LogP contribution in [0.1, 0.15) is 53.0 Å². The molecule has 1 aromatic rings. The fourth-order valence-corrected chi connectivity index (χ4v) is 1.22. The Hall–Kier alpha value is -0.875. The smallest absolute Gasteiger partial charge is 0.0786 e. The van der Waals surface area contributed by atoms with Gasteiger partial charge < -0.3 is 21.5 Å². The number of aryl methyl sites for hydroxylation is 1. The number of rotatable bonds is 4. The maximum atomic E-state index is 10.5. The van der Waals surface area contributed by atoms with Gasteiger partial charge in [-0.25, -0.2) is 0 Å². The summed E-state index contributed by atoms with van der Waals surface area (Å²) in [4.78, 5) is 0. The molecule has 0 spiro atoms. The van der Waals surface area contributed by atoms with Crippen LogP contribution in [0.2, 0.25) is 0 Å². The third-order valence-electron chi connectivity index (χ3n) is 2.07. The van der Waals surface area contributed by atoms with Crippen LogP contribution in [0.25, 0.3) is 0 Å². The topological polar surface area (TPSA) is 101 Å². The Bertz CT molecular complexity index is 316.